The zero-order chi connectivity index (χ0) is 11.9. The Balaban J connectivity index is 1.58. The molecule has 0 aromatic heterocycles. The van der Waals surface area contributed by atoms with Crippen molar-refractivity contribution >= 4 is 5.91 Å². The fourth-order valence-electron chi connectivity index (χ4n) is 3.10. The maximum Gasteiger partial charge on any atom is 0.224 e. The highest BCUT2D eigenvalue weighted by Gasteiger charge is 2.20. The summed E-state index contributed by atoms with van der Waals surface area (Å²) < 4.78 is 0. The minimum Gasteiger partial charge on any atom is -0.356 e. The predicted octanol–water partition coefficient (Wildman–Crippen LogP) is 2.07. The van der Waals surface area contributed by atoms with Crippen LogP contribution in [0.1, 0.15) is 51.4 Å². The Kier molecular flexibility index (Phi) is 5.30. The van der Waals surface area contributed by atoms with Crippen LogP contribution in [-0.2, 0) is 4.79 Å². The van der Waals surface area contributed by atoms with Gasteiger partial charge in [0.15, 0.2) is 0 Å². The van der Waals surface area contributed by atoms with E-state index in [4.69, 9.17) is 0 Å². The van der Waals surface area contributed by atoms with Crippen molar-refractivity contribution in [1.29, 1.82) is 0 Å². The lowest BCUT2D eigenvalue weighted by Crippen LogP contribution is -2.41. The molecule has 1 saturated heterocycles. The van der Waals surface area contributed by atoms with Gasteiger partial charge in [-0.05, 0) is 31.7 Å². The number of piperidine rings is 1. The van der Waals surface area contributed by atoms with Gasteiger partial charge in [-0.2, -0.15) is 0 Å². The highest BCUT2D eigenvalue weighted by atomic mass is 16.1. The highest BCUT2D eigenvalue weighted by Crippen LogP contribution is 2.25. The summed E-state index contributed by atoms with van der Waals surface area (Å²) in [6.07, 6.45) is 10.3. The quantitative estimate of drug-likeness (QED) is 0.787. The minimum absolute atomic E-state index is 0.218. The van der Waals surface area contributed by atoms with Gasteiger partial charge in [-0.15, -0.1) is 0 Å². The van der Waals surface area contributed by atoms with E-state index in [1.807, 2.05) is 0 Å². The van der Waals surface area contributed by atoms with Crippen LogP contribution in [0.5, 0.6) is 0 Å². The van der Waals surface area contributed by atoms with Crippen molar-refractivity contribution in [3.8, 4) is 0 Å². The van der Waals surface area contributed by atoms with Crippen LogP contribution in [0.25, 0.3) is 0 Å². The van der Waals surface area contributed by atoms with Crippen LogP contribution >= 0.6 is 0 Å². The topological polar surface area (TPSA) is 41.1 Å². The molecule has 17 heavy (non-hydrogen) atoms. The zero-order valence-electron chi connectivity index (χ0n) is 10.8. The Labute approximate surface area is 105 Å². The molecule has 0 radical (unpaired) electrons. The van der Waals surface area contributed by atoms with Gasteiger partial charge in [0.05, 0.1) is 5.92 Å². The smallest absolute Gasteiger partial charge is 0.224 e. The molecule has 0 spiro atoms. The summed E-state index contributed by atoms with van der Waals surface area (Å²) in [6.45, 7) is 2.83. The third-order valence-corrected chi connectivity index (χ3v) is 4.24. The van der Waals surface area contributed by atoms with Gasteiger partial charge < -0.3 is 10.6 Å². The first-order valence-electron chi connectivity index (χ1n) is 7.34. The summed E-state index contributed by atoms with van der Waals surface area (Å²) in [4.78, 5) is 11.9. The Morgan fingerprint density at radius 1 is 1.12 bits per heavy atom. The molecule has 2 fully saturated rings. The van der Waals surface area contributed by atoms with Crippen molar-refractivity contribution in [1.82, 2.24) is 10.6 Å². The van der Waals surface area contributed by atoms with E-state index in [-0.39, 0.29) is 11.8 Å². The summed E-state index contributed by atoms with van der Waals surface area (Å²) in [6, 6.07) is 0. The van der Waals surface area contributed by atoms with Gasteiger partial charge in [0, 0.05) is 13.1 Å². The molecule has 98 valence electrons. The van der Waals surface area contributed by atoms with Crippen molar-refractivity contribution < 1.29 is 4.79 Å². The lowest BCUT2D eigenvalue weighted by Gasteiger charge is -2.24. The van der Waals surface area contributed by atoms with Crippen LogP contribution in [0.3, 0.4) is 0 Å². The second-order valence-electron chi connectivity index (χ2n) is 5.63. The number of carbonyl (C=O) groups is 1. The molecule has 3 heteroatoms. The van der Waals surface area contributed by atoms with Crippen molar-refractivity contribution in [3.05, 3.63) is 0 Å². The van der Waals surface area contributed by atoms with Crippen molar-refractivity contribution in [2.75, 3.05) is 19.6 Å². The summed E-state index contributed by atoms with van der Waals surface area (Å²) in [5.74, 6) is 1.36. The molecule has 1 amide bonds. The van der Waals surface area contributed by atoms with Crippen molar-refractivity contribution in [2.45, 2.75) is 51.4 Å². The molecule has 1 aliphatic heterocycles. The normalized spacial score (nSPS) is 26.7. The maximum atomic E-state index is 11.9. The van der Waals surface area contributed by atoms with Gasteiger partial charge in [-0.1, -0.05) is 32.1 Å². The number of nitrogens with one attached hydrogen (secondary N) is 2. The molecule has 2 N–H and O–H groups in total. The second kappa shape index (κ2) is 7.00. The molecule has 0 aromatic carbocycles. The molecule has 2 aliphatic rings. The average Bonchev–Trinajstić information content (AvgIpc) is 2.41. The summed E-state index contributed by atoms with van der Waals surface area (Å²) in [5.41, 5.74) is 0. The molecule has 0 bridgehead atoms. The molecule has 2 rings (SSSR count). The molecule has 1 unspecified atom stereocenters. The van der Waals surface area contributed by atoms with Crippen LogP contribution in [-0.4, -0.2) is 25.5 Å². The lowest BCUT2D eigenvalue weighted by molar-refractivity contribution is -0.125. The number of hydrogen-bond acceptors (Lipinski definition) is 2. The Hall–Kier alpha value is -0.570. The molecule has 1 heterocycles. The first-order valence-corrected chi connectivity index (χ1v) is 7.34. The van der Waals surface area contributed by atoms with E-state index in [2.05, 4.69) is 10.6 Å². The monoisotopic (exact) mass is 238 g/mol. The molecule has 0 aromatic rings. The van der Waals surface area contributed by atoms with E-state index in [1.54, 1.807) is 0 Å². The van der Waals surface area contributed by atoms with Crippen LogP contribution in [0.4, 0.5) is 0 Å². The Morgan fingerprint density at radius 2 is 1.94 bits per heavy atom. The summed E-state index contributed by atoms with van der Waals surface area (Å²) >= 11 is 0. The minimum atomic E-state index is 0.218. The summed E-state index contributed by atoms with van der Waals surface area (Å²) in [7, 11) is 0. The second-order valence-corrected chi connectivity index (χ2v) is 5.63. The van der Waals surface area contributed by atoms with Gasteiger partial charge in [0.1, 0.15) is 0 Å². The number of amides is 1. The molecule has 1 aliphatic carbocycles. The number of carbonyl (C=O) groups excluding carboxylic acids is 1. The maximum absolute atomic E-state index is 11.9. The van der Waals surface area contributed by atoms with Gasteiger partial charge in [-0.25, -0.2) is 0 Å². The Bertz CT molecular complexity index is 230. The standard InChI is InChI=1S/C14H26N2O/c17-14(13-7-4-9-15-11-13)16-10-8-12-5-2-1-3-6-12/h12-13,15H,1-11H2,(H,16,17). The lowest BCUT2D eigenvalue weighted by atomic mass is 9.87. The van der Waals surface area contributed by atoms with Crippen LogP contribution in [0.2, 0.25) is 0 Å². The number of hydrogen-bond donors (Lipinski definition) is 2. The first-order chi connectivity index (χ1) is 8.36. The van der Waals surface area contributed by atoms with Crippen LogP contribution in [0.15, 0.2) is 0 Å². The van der Waals surface area contributed by atoms with Crippen molar-refractivity contribution in [3.63, 3.8) is 0 Å². The van der Waals surface area contributed by atoms with Gasteiger partial charge in [-0.3, -0.25) is 4.79 Å². The van der Waals surface area contributed by atoms with Gasteiger partial charge in [0.25, 0.3) is 0 Å². The largest absolute Gasteiger partial charge is 0.356 e. The van der Waals surface area contributed by atoms with E-state index in [1.165, 1.54) is 38.5 Å². The fourth-order valence-corrected chi connectivity index (χ4v) is 3.10. The number of rotatable bonds is 4. The van der Waals surface area contributed by atoms with Crippen molar-refractivity contribution in [2.24, 2.45) is 11.8 Å². The van der Waals surface area contributed by atoms with E-state index < -0.39 is 0 Å². The van der Waals surface area contributed by atoms with Gasteiger partial charge in [0.2, 0.25) is 5.91 Å². The van der Waals surface area contributed by atoms with Crippen LogP contribution in [0, 0.1) is 11.8 Å². The predicted molar refractivity (Wildman–Crippen MR) is 69.8 cm³/mol. The fraction of sp³-hybridized carbons (Fsp3) is 0.929. The van der Waals surface area contributed by atoms with E-state index >= 15 is 0 Å². The molecule has 1 saturated carbocycles. The Morgan fingerprint density at radius 3 is 2.65 bits per heavy atom. The molecule has 1 atom stereocenters. The zero-order valence-corrected chi connectivity index (χ0v) is 10.8. The van der Waals surface area contributed by atoms with Gasteiger partial charge >= 0.3 is 0 Å². The first kappa shape index (κ1) is 12.9. The molecular weight excluding hydrogens is 212 g/mol. The van der Waals surface area contributed by atoms with E-state index in [9.17, 15) is 4.79 Å². The molecular formula is C14H26N2O. The summed E-state index contributed by atoms with van der Waals surface area (Å²) in [5, 5.41) is 6.42. The highest BCUT2D eigenvalue weighted by molar-refractivity contribution is 5.78. The van der Waals surface area contributed by atoms with E-state index in [0.29, 0.717) is 0 Å². The molecule has 3 nitrogen and oxygen atoms in total. The average molecular weight is 238 g/mol. The third-order valence-electron chi connectivity index (χ3n) is 4.24. The van der Waals surface area contributed by atoms with E-state index in [0.717, 1.165) is 38.4 Å². The van der Waals surface area contributed by atoms with Crippen LogP contribution < -0.4 is 10.6 Å². The SMILES string of the molecule is O=C(NCCC1CCCCC1)C1CCCNC1. The third kappa shape index (κ3) is 4.30.